The van der Waals surface area contributed by atoms with E-state index in [0.717, 1.165) is 22.3 Å². The standard InChI is InChI=1S/C68H38N4/c1-37-19-40(36-70)20-38(2)66(37)53-29-60-55-24-43-8-4-6-10-45(43)32-63(55)72-65-34-49-18-16-47(22-51(49)26-57(65)61(30-53)68(60)72)46-15-17-48-33-64-56(25-50(48)21-46)59-28-52(41-13-11-39(35-69)12-14-41)27-58-54-23-42-7-3-5-9-44(42)31-62(54)71(64)67(58)59/h3-34H,1-2H3. The molecule has 0 atom stereocenters. The fourth-order valence-electron chi connectivity index (χ4n) is 12.8. The summed E-state index contributed by atoms with van der Waals surface area (Å²) >= 11 is 0. The number of hydrogen-bond acceptors (Lipinski definition) is 2. The van der Waals surface area contributed by atoms with Gasteiger partial charge in [0.25, 0.3) is 0 Å². The number of aryl methyl sites for hydroxylation is 2. The normalized spacial score (nSPS) is 12.3. The van der Waals surface area contributed by atoms with E-state index in [2.05, 4.69) is 205 Å². The van der Waals surface area contributed by atoms with Gasteiger partial charge in [0.2, 0.25) is 0 Å². The summed E-state index contributed by atoms with van der Waals surface area (Å²) in [6, 6.07) is 76.3. The summed E-state index contributed by atoms with van der Waals surface area (Å²) in [5.74, 6) is 0. The van der Waals surface area contributed by atoms with E-state index in [-0.39, 0.29) is 0 Å². The molecule has 0 aliphatic heterocycles. The van der Waals surface area contributed by atoms with Crippen molar-refractivity contribution in [1.82, 2.24) is 8.80 Å². The van der Waals surface area contributed by atoms with Crippen molar-refractivity contribution < 1.29 is 0 Å². The minimum absolute atomic E-state index is 0.658. The highest BCUT2D eigenvalue weighted by Crippen LogP contribution is 2.47. The first kappa shape index (κ1) is 39.1. The second-order valence-electron chi connectivity index (χ2n) is 20.1. The molecule has 12 aromatic carbocycles. The molecule has 0 saturated carbocycles. The molecule has 0 N–H and O–H groups in total. The van der Waals surface area contributed by atoms with E-state index >= 15 is 0 Å². The summed E-state index contributed by atoms with van der Waals surface area (Å²) < 4.78 is 4.98. The van der Waals surface area contributed by atoms with Crippen LogP contribution in [0.5, 0.6) is 0 Å². The topological polar surface area (TPSA) is 56.4 Å². The molecule has 0 aliphatic rings. The Morgan fingerprint density at radius 2 is 0.653 bits per heavy atom. The second-order valence-corrected chi connectivity index (χ2v) is 20.1. The van der Waals surface area contributed by atoms with Crippen LogP contribution in [-0.2, 0) is 0 Å². The van der Waals surface area contributed by atoms with E-state index < -0.39 is 0 Å². The van der Waals surface area contributed by atoms with Crippen LogP contribution in [0.1, 0.15) is 22.3 Å². The first-order chi connectivity index (χ1) is 35.3. The van der Waals surface area contributed by atoms with Crippen molar-refractivity contribution in [2.75, 3.05) is 0 Å². The van der Waals surface area contributed by atoms with Crippen molar-refractivity contribution in [3.63, 3.8) is 0 Å². The number of hydrogen-bond donors (Lipinski definition) is 0. The summed E-state index contributed by atoms with van der Waals surface area (Å²) in [6.45, 7) is 4.26. The Morgan fingerprint density at radius 3 is 1.07 bits per heavy atom. The molecule has 4 heteroatoms. The number of benzene rings is 12. The molecule has 16 aromatic rings. The zero-order valence-electron chi connectivity index (χ0n) is 39.3. The summed E-state index contributed by atoms with van der Waals surface area (Å²) in [5.41, 5.74) is 17.8. The van der Waals surface area contributed by atoms with Crippen LogP contribution in [0, 0.1) is 36.5 Å². The van der Waals surface area contributed by atoms with Gasteiger partial charge < -0.3 is 8.80 Å². The first-order valence-electron chi connectivity index (χ1n) is 24.6. The van der Waals surface area contributed by atoms with Gasteiger partial charge in [-0.2, -0.15) is 10.5 Å². The molecule has 0 bridgehead atoms. The van der Waals surface area contributed by atoms with Gasteiger partial charge in [0, 0.05) is 43.1 Å². The summed E-state index contributed by atoms with van der Waals surface area (Å²) in [4.78, 5) is 0. The quantitative estimate of drug-likeness (QED) is 0.177. The predicted octanol–water partition coefficient (Wildman–Crippen LogP) is 18.0. The Morgan fingerprint density at radius 1 is 0.292 bits per heavy atom. The second kappa shape index (κ2) is 14.0. The Hall–Kier alpha value is -9.74. The molecule has 0 amide bonds. The lowest BCUT2D eigenvalue weighted by Crippen LogP contribution is -1.91. The lowest BCUT2D eigenvalue weighted by atomic mass is 9.91. The highest BCUT2D eigenvalue weighted by Gasteiger charge is 2.23. The molecule has 4 aromatic heterocycles. The number of nitriles is 2. The lowest BCUT2D eigenvalue weighted by molar-refractivity contribution is 1.35. The van der Waals surface area contributed by atoms with Crippen molar-refractivity contribution in [2.45, 2.75) is 13.8 Å². The van der Waals surface area contributed by atoms with Crippen molar-refractivity contribution in [1.29, 1.82) is 10.5 Å². The molecule has 0 spiro atoms. The number of nitrogens with zero attached hydrogens (tertiary/aromatic N) is 4. The fraction of sp³-hybridized carbons (Fsp3) is 0.0294. The van der Waals surface area contributed by atoms with E-state index in [1.165, 1.54) is 142 Å². The Labute approximate surface area is 412 Å². The van der Waals surface area contributed by atoms with Gasteiger partial charge in [-0.3, -0.25) is 0 Å². The van der Waals surface area contributed by atoms with Crippen LogP contribution < -0.4 is 0 Å². The molecule has 0 unspecified atom stereocenters. The third kappa shape index (κ3) is 5.28. The summed E-state index contributed by atoms with van der Waals surface area (Å²) in [7, 11) is 0. The molecule has 0 aliphatic carbocycles. The third-order valence-corrected chi connectivity index (χ3v) is 16.1. The van der Waals surface area contributed by atoms with Gasteiger partial charge in [0.15, 0.2) is 0 Å². The first-order valence-corrected chi connectivity index (χ1v) is 24.6. The van der Waals surface area contributed by atoms with Gasteiger partial charge >= 0.3 is 0 Å². The SMILES string of the molecule is Cc1cc(C#N)cc(C)c1-c1cc2c3cc4ccccc4cc3n3c4cc5ccc(-c6ccc7cc8c(cc7c6)c6cc(-c7ccc(C#N)cc7)cc7c9cc%10ccccc%10cc9n8c76)cc5cc4c(c1)c23. The van der Waals surface area contributed by atoms with Gasteiger partial charge in [0.05, 0.1) is 56.4 Å². The molecule has 4 nitrogen and oxygen atoms in total. The van der Waals surface area contributed by atoms with E-state index in [0.29, 0.717) is 11.1 Å². The van der Waals surface area contributed by atoms with Gasteiger partial charge in [0.1, 0.15) is 0 Å². The van der Waals surface area contributed by atoms with Crippen LogP contribution in [0.25, 0.3) is 153 Å². The van der Waals surface area contributed by atoms with Crippen LogP contribution in [0.15, 0.2) is 194 Å². The third-order valence-electron chi connectivity index (χ3n) is 16.1. The number of fused-ring (bicyclic) bond motifs is 16. The Kier molecular flexibility index (Phi) is 7.59. The Balaban J connectivity index is 0.897. The number of aromatic nitrogens is 2. The van der Waals surface area contributed by atoms with Crippen LogP contribution in [-0.4, -0.2) is 8.80 Å². The maximum Gasteiger partial charge on any atom is 0.0991 e. The predicted molar refractivity (Wildman–Crippen MR) is 301 cm³/mol. The number of rotatable bonds is 3. The average Bonchev–Trinajstić information content (AvgIpc) is 4.12. The molecule has 72 heavy (non-hydrogen) atoms. The van der Waals surface area contributed by atoms with Crippen LogP contribution in [0.4, 0.5) is 0 Å². The van der Waals surface area contributed by atoms with Crippen molar-refractivity contribution in [3.8, 4) is 45.5 Å². The van der Waals surface area contributed by atoms with E-state index in [9.17, 15) is 10.5 Å². The smallest absolute Gasteiger partial charge is 0.0991 e. The Bertz CT molecular complexity index is 5160. The summed E-state index contributed by atoms with van der Waals surface area (Å²) in [5, 5.41) is 39.0. The van der Waals surface area contributed by atoms with Crippen LogP contribution in [0.3, 0.4) is 0 Å². The highest BCUT2D eigenvalue weighted by molar-refractivity contribution is 6.29. The van der Waals surface area contributed by atoms with Gasteiger partial charge in [-0.25, -0.2) is 0 Å². The van der Waals surface area contributed by atoms with Crippen molar-refractivity contribution in [2.24, 2.45) is 0 Å². The minimum atomic E-state index is 0.658. The summed E-state index contributed by atoms with van der Waals surface area (Å²) in [6.07, 6.45) is 0. The maximum atomic E-state index is 9.82. The lowest BCUT2D eigenvalue weighted by Gasteiger charge is -2.12. The van der Waals surface area contributed by atoms with Crippen LogP contribution in [0.2, 0.25) is 0 Å². The molecule has 4 heterocycles. The monoisotopic (exact) mass is 910 g/mol. The van der Waals surface area contributed by atoms with Gasteiger partial charge in [-0.1, -0.05) is 84.9 Å². The van der Waals surface area contributed by atoms with E-state index in [4.69, 9.17) is 0 Å². The molecule has 16 rings (SSSR count). The van der Waals surface area contributed by atoms with Gasteiger partial charge in [-0.05, 0) is 211 Å². The average molecular weight is 911 g/mol. The van der Waals surface area contributed by atoms with Crippen molar-refractivity contribution in [3.05, 3.63) is 216 Å². The molecule has 0 saturated heterocycles. The fourth-order valence-corrected chi connectivity index (χ4v) is 12.8. The minimum Gasteiger partial charge on any atom is -0.308 e. The van der Waals surface area contributed by atoms with Crippen LogP contribution >= 0.6 is 0 Å². The highest BCUT2D eigenvalue weighted by atomic mass is 14.9. The molecular formula is C68H38N4. The van der Waals surface area contributed by atoms with E-state index in [1.807, 2.05) is 24.3 Å². The molecular weight excluding hydrogens is 873 g/mol. The molecule has 0 fully saturated rings. The maximum absolute atomic E-state index is 9.82. The van der Waals surface area contributed by atoms with Crippen molar-refractivity contribution >= 4 is 119 Å². The molecule has 0 radical (unpaired) electrons. The zero-order valence-corrected chi connectivity index (χ0v) is 39.3. The van der Waals surface area contributed by atoms with Gasteiger partial charge in [-0.15, -0.1) is 0 Å². The van der Waals surface area contributed by atoms with E-state index in [1.54, 1.807) is 0 Å². The largest absolute Gasteiger partial charge is 0.308 e. The zero-order chi connectivity index (χ0) is 47.7. The molecule has 330 valence electrons.